The van der Waals surface area contributed by atoms with Gasteiger partial charge >= 0.3 is 0 Å². The first-order valence-electron chi connectivity index (χ1n) is 6.60. The van der Waals surface area contributed by atoms with Crippen molar-refractivity contribution in [1.82, 2.24) is 4.90 Å². The molecule has 21 heavy (non-hydrogen) atoms. The van der Waals surface area contributed by atoms with Gasteiger partial charge in [-0.1, -0.05) is 24.6 Å². The molecule has 1 fully saturated rings. The number of ether oxygens (including phenoxy) is 1. The summed E-state index contributed by atoms with van der Waals surface area (Å²) in [5, 5.41) is 0.217. The fraction of sp³-hybridized carbons (Fsp3) is 0.333. The van der Waals surface area contributed by atoms with E-state index < -0.39 is 0 Å². The molecule has 0 bridgehead atoms. The van der Waals surface area contributed by atoms with E-state index in [1.54, 1.807) is 18.2 Å². The number of carbonyl (C=O) groups excluding carboxylic acids is 2. The maximum Gasteiger partial charge on any atom is 0.293 e. The van der Waals surface area contributed by atoms with E-state index in [1.165, 1.54) is 7.05 Å². The molecule has 0 radical (unpaired) electrons. The van der Waals surface area contributed by atoms with Crippen molar-refractivity contribution in [3.05, 3.63) is 33.7 Å². The Labute approximate surface area is 133 Å². The van der Waals surface area contributed by atoms with E-state index in [0.29, 0.717) is 15.7 Å². The Morgan fingerprint density at radius 1 is 1.43 bits per heavy atom. The minimum Gasteiger partial charge on any atom is -0.489 e. The highest BCUT2D eigenvalue weighted by atomic mass is 35.5. The number of halogens is 1. The van der Waals surface area contributed by atoms with Crippen LogP contribution in [0.15, 0.2) is 23.1 Å². The van der Waals surface area contributed by atoms with Crippen LogP contribution in [0.4, 0.5) is 4.79 Å². The molecule has 0 aromatic heterocycles. The highest BCUT2D eigenvalue weighted by Gasteiger charge is 2.31. The summed E-state index contributed by atoms with van der Waals surface area (Å²) in [7, 11) is 1.47. The van der Waals surface area contributed by atoms with Gasteiger partial charge in [-0.3, -0.25) is 14.5 Å². The lowest BCUT2D eigenvalue weighted by molar-refractivity contribution is -0.121. The van der Waals surface area contributed by atoms with Gasteiger partial charge in [-0.15, -0.1) is 0 Å². The lowest BCUT2D eigenvalue weighted by atomic mass is 10.2. The van der Waals surface area contributed by atoms with Crippen LogP contribution in [-0.2, 0) is 4.79 Å². The van der Waals surface area contributed by atoms with Crippen molar-refractivity contribution in [1.29, 1.82) is 0 Å². The molecule has 2 rings (SSSR count). The third kappa shape index (κ3) is 3.60. The Bertz CT molecular complexity index is 615. The van der Waals surface area contributed by atoms with E-state index >= 15 is 0 Å². The van der Waals surface area contributed by atoms with Crippen LogP contribution in [-0.4, -0.2) is 29.2 Å². The molecule has 1 aromatic carbocycles. The monoisotopic (exact) mass is 325 g/mol. The fourth-order valence-electron chi connectivity index (χ4n) is 1.70. The zero-order valence-electron chi connectivity index (χ0n) is 12.1. The van der Waals surface area contributed by atoms with Crippen LogP contribution in [0.1, 0.15) is 25.8 Å². The second kappa shape index (κ2) is 6.54. The number of amides is 2. The molecule has 0 N–H and O–H groups in total. The van der Waals surface area contributed by atoms with E-state index in [-0.39, 0.29) is 17.3 Å². The Kier molecular flexibility index (Phi) is 4.96. The number of benzene rings is 1. The van der Waals surface area contributed by atoms with Gasteiger partial charge in [0.15, 0.2) is 0 Å². The predicted octanol–water partition coefficient (Wildman–Crippen LogP) is 4.18. The average molecular weight is 326 g/mol. The van der Waals surface area contributed by atoms with Crippen LogP contribution < -0.4 is 4.74 Å². The molecule has 6 heteroatoms. The number of hydrogen-bond acceptors (Lipinski definition) is 4. The van der Waals surface area contributed by atoms with Gasteiger partial charge in [0.2, 0.25) is 0 Å². The molecule has 1 saturated heterocycles. The maximum absolute atomic E-state index is 11.8. The summed E-state index contributed by atoms with van der Waals surface area (Å²) in [6.07, 6.45) is 2.64. The summed E-state index contributed by atoms with van der Waals surface area (Å²) in [5.41, 5.74) is 0.760. The quantitative estimate of drug-likeness (QED) is 0.779. The molecule has 0 spiro atoms. The summed E-state index contributed by atoms with van der Waals surface area (Å²) >= 11 is 7.11. The molecule has 4 nitrogen and oxygen atoms in total. The summed E-state index contributed by atoms with van der Waals surface area (Å²) in [5.74, 6) is 0.327. The molecule has 0 unspecified atom stereocenters. The maximum atomic E-state index is 11.8. The van der Waals surface area contributed by atoms with E-state index in [9.17, 15) is 9.59 Å². The van der Waals surface area contributed by atoms with Gasteiger partial charge in [0.25, 0.3) is 11.1 Å². The molecular formula is C15H16ClNO3S. The molecule has 0 saturated carbocycles. The van der Waals surface area contributed by atoms with Crippen molar-refractivity contribution in [2.75, 3.05) is 7.05 Å². The topological polar surface area (TPSA) is 46.6 Å². The van der Waals surface area contributed by atoms with E-state index in [1.807, 2.05) is 19.9 Å². The first-order chi connectivity index (χ1) is 9.92. The van der Waals surface area contributed by atoms with Gasteiger partial charge in [0.05, 0.1) is 16.0 Å². The van der Waals surface area contributed by atoms with Crippen molar-refractivity contribution < 1.29 is 14.3 Å². The van der Waals surface area contributed by atoms with Gasteiger partial charge < -0.3 is 4.74 Å². The predicted molar refractivity (Wildman–Crippen MR) is 85.6 cm³/mol. The SMILES string of the molecule is CC[C@@H](C)Oc1ccc(/C=C2\SC(=O)N(C)C2=O)cc1Cl. The Balaban J connectivity index is 2.21. The minimum absolute atomic E-state index is 0.0879. The number of rotatable bonds is 4. The molecule has 1 aromatic rings. The number of hydrogen-bond donors (Lipinski definition) is 0. The summed E-state index contributed by atoms with van der Waals surface area (Å²) in [6.45, 7) is 4.01. The van der Waals surface area contributed by atoms with Gasteiger partial charge in [-0.05, 0) is 48.9 Å². The van der Waals surface area contributed by atoms with Crippen molar-refractivity contribution in [3.8, 4) is 5.75 Å². The van der Waals surface area contributed by atoms with E-state index in [0.717, 1.165) is 28.6 Å². The van der Waals surface area contributed by atoms with Crippen molar-refractivity contribution in [2.45, 2.75) is 26.4 Å². The standard InChI is InChI=1S/C15H16ClNO3S/c1-4-9(2)20-12-6-5-10(7-11(12)16)8-13-14(18)17(3)15(19)21-13/h5-9H,4H2,1-3H3/b13-8-/t9-/m1/s1. The minimum atomic E-state index is -0.291. The zero-order chi connectivity index (χ0) is 15.6. The first kappa shape index (κ1) is 15.9. The Morgan fingerprint density at radius 2 is 2.14 bits per heavy atom. The Morgan fingerprint density at radius 3 is 2.67 bits per heavy atom. The number of carbonyl (C=O) groups is 2. The molecule has 1 aliphatic heterocycles. The molecule has 1 atom stereocenters. The summed E-state index contributed by atoms with van der Waals surface area (Å²) in [6, 6.07) is 5.31. The van der Waals surface area contributed by atoms with Crippen LogP contribution in [0.3, 0.4) is 0 Å². The highest BCUT2D eigenvalue weighted by molar-refractivity contribution is 8.18. The molecule has 1 heterocycles. The van der Waals surface area contributed by atoms with Crippen LogP contribution in [0.25, 0.3) is 6.08 Å². The largest absolute Gasteiger partial charge is 0.489 e. The third-order valence-corrected chi connectivity index (χ3v) is 4.40. The molecule has 112 valence electrons. The highest BCUT2D eigenvalue weighted by Crippen LogP contribution is 2.33. The van der Waals surface area contributed by atoms with Gasteiger partial charge in [-0.2, -0.15) is 0 Å². The molecule has 2 amide bonds. The van der Waals surface area contributed by atoms with E-state index in [4.69, 9.17) is 16.3 Å². The van der Waals surface area contributed by atoms with Crippen molar-refractivity contribution in [3.63, 3.8) is 0 Å². The average Bonchev–Trinajstić information content (AvgIpc) is 2.69. The molecule has 0 aliphatic carbocycles. The Hall–Kier alpha value is -1.46. The van der Waals surface area contributed by atoms with Crippen LogP contribution in [0.5, 0.6) is 5.75 Å². The van der Waals surface area contributed by atoms with Crippen molar-refractivity contribution in [2.24, 2.45) is 0 Å². The van der Waals surface area contributed by atoms with Crippen LogP contribution in [0, 0.1) is 0 Å². The lowest BCUT2D eigenvalue weighted by Crippen LogP contribution is -2.22. The molecular weight excluding hydrogens is 310 g/mol. The summed E-state index contributed by atoms with van der Waals surface area (Å²) in [4.78, 5) is 24.7. The van der Waals surface area contributed by atoms with E-state index in [2.05, 4.69) is 0 Å². The number of imide groups is 1. The van der Waals surface area contributed by atoms with Gasteiger partial charge in [0, 0.05) is 7.05 Å². The van der Waals surface area contributed by atoms with Gasteiger partial charge in [-0.25, -0.2) is 0 Å². The van der Waals surface area contributed by atoms with Crippen LogP contribution in [0.2, 0.25) is 5.02 Å². The third-order valence-electron chi connectivity index (χ3n) is 3.14. The second-order valence-electron chi connectivity index (χ2n) is 4.77. The van der Waals surface area contributed by atoms with Crippen LogP contribution >= 0.6 is 23.4 Å². The number of likely N-dealkylation sites (N-methyl/N-ethyl adjacent to an activating group) is 1. The van der Waals surface area contributed by atoms with Gasteiger partial charge in [0.1, 0.15) is 5.75 Å². The number of thioether (sulfide) groups is 1. The first-order valence-corrected chi connectivity index (χ1v) is 7.79. The lowest BCUT2D eigenvalue weighted by Gasteiger charge is -2.14. The molecule has 1 aliphatic rings. The number of nitrogens with zero attached hydrogens (tertiary/aromatic N) is 1. The zero-order valence-corrected chi connectivity index (χ0v) is 13.6. The smallest absolute Gasteiger partial charge is 0.293 e. The van der Waals surface area contributed by atoms with Crippen molar-refractivity contribution >= 4 is 40.6 Å². The fourth-order valence-corrected chi connectivity index (χ4v) is 2.76. The summed E-state index contributed by atoms with van der Waals surface area (Å²) < 4.78 is 5.69. The normalized spacial score (nSPS) is 18.5. The second-order valence-corrected chi connectivity index (χ2v) is 6.17.